The first kappa shape index (κ1) is 42.4. The van der Waals surface area contributed by atoms with Gasteiger partial charge in [-0.15, -0.1) is 0 Å². The van der Waals surface area contributed by atoms with Crippen molar-refractivity contribution in [1.82, 2.24) is 45.7 Å². The van der Waals surface area contributed by atoms with Crippen LogP contribution in [-0.2, 0) is 9.53 Å². The first-order valence-corrected chi connectivity index (χ1v) is 20.4. The van der Waals surface area contributed by atoms with Gasteiger partial charge in [0.1, 0.15) is 12.2 Å². The maximum atomic E-state index is 14.0. The Morgan fingerprint density at radius 3 is 2.03 bits per heavy atom. The Morgan fingerprint density at radius 1 is 0.845 bits per heavy atom. The van der Waals surface area contributed by atoms with Crippen LogP contribution < -0.4 is 26.6 Å². The van der Waals surface area contributed by atoms with Crippen molar-refractivity contribution in [3.05, 3.63) is 83.9 Å². The van der Waals surface area contributed by atoms with Crippen LogP contribution in [0.15, 0.2) is 67.0 Å². The highest BCUT2D eigenvalue weighted by Crippen LogP contribution is 2.33. The molecule has 4 amide bonds. The molecule has 1 saturated carbocycles. The highest BCUT2D eigenvalue weighted by atomic mass is 16.6. The SMILES string of the molecule is CCNC(=O)[C@H]1O[C@@H](n2cnc3c(NCC(c4ccccc4)c4ccccc4)nc(C(=O)NC4CCC(NC(=O)NCCN(C(C)C)C(C)C)CC4)nc32)[C@H](O)[C@@H]1O. The molecule has 0 unspecified atom stereocenters. The number of aromatic nitrogens is 4. The predicted molar refractivity (Wildman–Crippen MR) is 220 cm³/mol. The number of aliphatic hydroxyl groups excluding tert-OH is 2. The molecule has 1 aliphatic heterocycles. The second-order valence-corrected chi connectivity index (χ2v) is 15.6. The summed E-state index contributed by atoms with van der Waals surface area (Å²) in [6, 6.07) is 20.5. The number of imidazole rings is 1. The van der Waals surface area contributed by atoms with E-state index in [0.717, 1.165) is 17.7 Å². The molecule has 58 heavy (non-hydrogen) atoms. The number of amides is 4. The van der Waals surface area contributed by atoms with E-state index in [9.17, 15) is 24.6 Å². The number of nitrogens with one attached hydrogen (secondary N) is 5. The largest absolute Gasteiger partial charge is 0.387 e. The van der Waals surface area contributed by atoms with Gasteiger partial charge in [0.05, 0.1) is 6.33 Å². The number of benzene rings is 2. The van der Waals surface area contributed by atoms with E-state index < -0.39 is 36.4 Å². The van der Waals surface area contributed by atoms with E-state index in [0.29, 0.717) is 68.7 Å². The number of likely N-dealkylation sites (N-methyl/N-ethyl adjacent to an activating group) is 1. The van der Waals surface area contributed by atoms with Crippen molar-refractivity contribution in [2.24, 2.45) is 0 Å². The van der Waals surface area contributed by atoms with Gasteiger partial charge in [-0.3, -0.25) is 19.1 Å². The van der Waals surface area contributed by atoms with Crippen LogP contribution in [0.1, 0.15) is 94.2 Å². The number of anilines is 1. The van der Waals surface area contributed by atoms with Gasteiger partial charge in [0.2, 0.25) is 5.82 Å². The van der Waals surface area contributed by atoms with Gasteiger partial charge >= 0.3 is 6.03 Å². The maximum Gasteiger partial charge on any atom is 0.315 e. The Morgan fingerprint density at radius 2 is 1.45 bits per heavy atom. The number of hydrogen-bond acceptors (Lipinski definition) is 11. The van der Waals surface area contributed by atoms with E-state index in [1.807, 2.05) is 36.4 Å². The van der Waals surface area contributed by atoms with E-state index in [2.05, 4.69) is 98.4 Å². The predicted octanol–water partition coefficient (Wildman–Crippen LogP) is 3.28. The lowest BCUT2D eigenvalue weighted by molar-refractivity contribution is -0.137. The number of rotatable bonds is 16. The Kier molecular flexibility index (Phi) is 14.3. The Labute approximate surface area is 339 Å². The van der Waals surface area contributed by atoms with Crippen LogP contribution in [-0.4, -0.2) is 121 Å². The maximum absolute atomic E-state index is 14.0. The highest BCUT2D eigenvalue weighted by Gasteiger charge is 2.48. The number of nitrogens with zero attached hydrogens (tertiary/aromatic N) is 5. The van der Waals surface area contributed by atoms with Gasteiger partial charge in [0.15, 0.2) is 29.3 Å². The van der Waals surface area contributed by atoms with Crippen LogP contribution >= 0.6 is 0 Å². The highest BCUT2D eigenvalue weighted by molar-refractivity contribution is 5.94. The molecule has 7 N–H and O–H groups in total. The molecule has 3 heterocycles. The minimum absolute atomic E-state index is 0.0178. The summed E-state index contributed by atoms with van der Waals surface area (Å²) in [4.78, 5) is 55.5. The van der Waals surface area contributed by atoms with Gasteiger partial charge in [-0.1, -0.05) is 60.7 Å². The molecule has 16 heteroatoms. The van der Waals surface area contributed by atoms with Crippen molar-refractivity contribution in [2.45, 2.75) is 115 Å². The molecule has 1 aliphatic carbocycles. The molecule has 16 nitrogen and oxygen atoms in total. The average molecular weight is 799 g/mol. The Balaban J connectivity index is 1.19. The normalized spacial score (nSPS) is 22.1. The molecular formula is C42H58N10O6. The van der Waals surface area contributed by atoms with Crippen LogP contribution in [0.5, 0.6) is 0 Å². The van der Waals surface area contributed by atoms with Crippen LogP contribution in [0.2, 0.25) is 0 Å². The third-order valence-corrected chi connectivity index (χ3v) is 11.0. The fourth-order valence-electron chi connectivity index (χ4n) is 7.99. The molecule has 312 valence electrons. The van der Waals surface area contributed by atoms with Gasteiger partial charge in [-0.2, -0.15) is 0 Å². The van der Waals surface area contributed by atoms with Crippen molar-refractivity contribution in [3.8, 4) is 0 Å². The Bertz CT molecular complexity index is 1920. The number of carbonyl (C=O) groups excluding carboxylic acids is 3. The van der Waals surface area contributed by atoms with Gasteiger partial charge in [-0.25, -0.2) is 19.7 Å². The molecule has 0 bridgehead atoms. The zero-order valence-corrected chi connectivity index (χ0v) is 34.0. The molecule has 4 atom stereocenters. The van der Waals surface area contributed by atoms with Crippen LogP contribution in [0, 0.1) is 0 Å². The summed E-state index contributed by atoms with van der Waals surface area (Å²) in [6.45, 7) is 12.4. The summed E-state index contributed by atoms with van der Waals surface area (Å²) < 4.78 is 7.33. The van der Waals surface area contributed by atoms with Crippen molar-refractivity contribution in [3.63, 3.8) is 0 Å². The van der Waals surface area contributed by atoms with Crippen molar-refractivity contribution in [1.29, 1.82) is 0 Å². The number of carbonyl (C=O) groups is 3. The molecule has 2 fully saturated rings. The summed E-state index contributed by atoms with van der Waals surface area (Å²) in [7, 11) is 0. The summed E-state index contributed by atoms with van der Waals surface area (Å²) in [5.74, 6) is -0.973. The number of ether oxygens (including phenoxy) is 1. The Hall–Kier alpha value is -5.16. The van der Waals surface area contributed by atoms with Crippen LogP contribution in [0.4, 0.5) is 10.6 Å². The lowest BCUT2D eigenvalue weighted by atomic mass is 9.91. The van der Waals surface area contributed by atoms with E-state index >= 15 is 0 Å². The first-order chi connectivity index (χ1) is 27.9. The van der Waals surface area contributed by atoms with Crippen molar-refractivity contribution >= 4 is 34.8 Å². The van der Waals surface area contributed by atoms with E-state index in [1.54, 1.807) is 6.92 Å². The molecule has 2 aromatic heterocycles. The smallest absolute Gasteiger partial charge is 0.315 e. The van der Waals surface area contributed by atoms with Gasteiger partial charge < -0.3 is 41.5 Å². The number of urea groups is 1. The standard InChI is InChI=1S/C42H58N10O6/c1-6-43-39(55)35-33(53)34(54)41(58-35)52-24-46-32-36(45-23-31(27-13-9-7-10-14-27)28-15-11-8-12-16-28)49-37(50-38(32)52)40(56)47-29-17-19-30(20-18-29)48-42(57)44-21-22-51(25(2)3)26(4)5/h7-16,24-26,29-31,33-35,41,53-54H,6,17-23H2,1-5H3,(H,43,55)(H,47,56)(H2,44,48,57)(H,45,49,50)/t29?,30?,33-,34+,35-,41+/m0/s1. The van der Waals surface area contributed by atoms with Crippen LogP contribution in [0.25, 0.3) is 11.2 Å². The van der Waals surface area contributed by atoms with Gasteiger partial charge in [0.25, 0.3) is 11.8 Å². The lowest BCUT2D eigenvalue weighted by Gasteiger charge is -2.31. The quantitative estimate of drug-likeness (QED) is 0.0876. The van der Waals surface area contributed by atoms with E-state index in [4.69, 9.17) is 4.74 Å². The molecule has 2 aliphatic rings. The first-order valence-electron chi connectivity index (χ1n) is 20.4. The van der Waals surface area contributed by atoms with E-state index in [1.165, 1.54) is 10.9 Å². The minimum atomic E-state index is -1.51. The third kappa shape index (κ3) is 10.1. The summed E-state index contributed by atoms with van der Waals surface area (Å²) >= 11 is 0. The second-order valence-electron chi connectivity index (χ2n) is 15.6. The molecule has 1 saturated heterocycles. The van der Waals surface area contributed by atoms with Crippen LogP contribution in [0.3, 0.4) is 0 Å². The molecular weight excluding hydrogens is 741 g/mol. The second kappa shape index (κ2) is 19.5. The number of fused-ring (bicyclic) bond motifs is 1. The molecule has 4 aromatic rings. The summed E-state index contributed by atoms with van der Waals surface area (Å²) in [6.07, 6.45) is -1.48. The zero-order chi connectivity index (χ0) is 41.3. The molecule has 2 aromatic carbocycles. The minimum Gasteiger partial charge on any atom is -0.387 e. The average Bonchev–Trinajstić information content (AvgIpc) is 3.77. The molecule has 0 radical (unpaired) electrons. The fraction of sp³-hybridized carbons (Fsp3) is 0.524. The molecule has 6 rings (SSSR count). The van der Waals surface area contributed by atoms with E-state index in [-0.39, 0.29) is 35.5 Å². The van der Waals surface area contributed by atoms with Gasteiger partial charge in [0, 0.05) is 56.3 Å². The number of aliphatic hydroxyl groups is 2. The fourth-order valence-corrected chi connectivity index (χ4v) is 7.99. The van der Waals surface area contributed by atoms with Gasteiger partial charge in [-0.05, 0) is 71.4 Å². The molecule has 0 spiro atoms. The summed E-state index contributed by atoms with van der Waals surface area (Å²) in [5.41, 5.74) is 2.65. The lowest BCUT2D eigenvalue weighted by Crippen LogP contribution is -2.49. The monoisotopic (exact) mass is 798 g/mol. The van der Waals surface area contributed by atoms with Crippen molar-refractivity contribution < 1.29 is 29.3 Å². The number of hydrogen-bond donors (Lipinski definition) is 7. The zero-order valence-electron chi connectivity index (χ0n) is 34.0. The van der Waals surface area contributed by atoms with Crippen molar-refractivity contribution in [2.75, 3.05) is 31.5 Å². The summed E-state index contributed by atoms with van der Waals surface area (Å²) in [5, 5.41) is 37.1. The topological polar surface area (TPSA) is 208 Å². The third-order valence-electron chi connectivity index (χ3n) is 11.0.